The number of anilines is 1. The average Bonchev–Trinajstić information content (AvgIpc) is 2.64. The van der Waals surface area contributed by atoms with Gasteiger partial charge >= 0.3 is 6.18 Å². The summed E-state index contributed by atoms with van der Waals surface area (Å²) in [4.78, 5) is 16.1. The summed E-state index contributed by atoms with van der Waals surface area (Å²) in [6, 6.07) is 7.39. The first-order valence-electron chi connectivity index (χ1n) is 7.86. The van der Waals surface area contributed by atoms with Crippen LogP contribution in [0.15, 0.2) is 42.6 Å². The Morgan fingerprint density at radius 3 is 2.58 bits per heavy atom. The number of morpholine rings is 1. The number of nitrogens with zero attached hydrogens (tertiary/aromatic N) is 1. The summed E-state index contributed by atoms with van der Waals surface area (Å²) in [5.41, 5.74) is -0.292. The van der Waals surface area contributed by atoms with Gasteiger partial charge in [0.05, 0.1) is 24.1 Å². The van der Waals surface area contributed by atoms with Crippen molar-refractivity contribution in [3.63, 3.8) is 0 Å². The number of pyridine rings is 1. The first-order valence-corrected chi connectivity index (χ1v) is 7.86. The number of rotatable bonds is 4. The molecule has 1 aliphatic heterocycles. The molecule has 0 bridgehead atoms. The fraction of sp³-hybridized carbons (Fsp3) is 0.294. The highest BCUT2D eigenvalue weighted by Gasteiger charge is 2.30. The largest absolute Gasteiger partial charge is 0.439 e. The lowest BCUT2D eigenvalue weighted by Gasteiger charge is -2.22. The van der Waals surface area contributed by atoms with E-state index in [-0.39, 0.29) is 17.5 Å². The molecular weight excluding hydrogens is 351 g/mol. The van der Waals surface area contributed by atoms with E-state index < -0.39 is 17.8 Å². The van der Waals surface area contributed by atoms with Crippen LogP contribution in [-0.2, 0) is 15.7 Å². The molecule has 1 saturated heterocycles. The molecule has 138 valence electrons. The Morgan fingerprint density at radius 1 is 1.23 bits per heavy atom. The van der Waals surface area contributed by atoms with E-state index in [0.717, 1.165) is 12.1 Å². The summed E-state index contributed by atoms with van der Waals surface area (Å²) in [6.07, 6.45) is -3.56. The maximum atomic E-state index is 12.5. The van der Waals surface area contributed by atoms with Crippen molar-refractivity contribution in [3.05, 3.63) is 48.2 Å². The summed E-state index contributed by atoms with van der Waals surface area (Å²) in [6.45, 7) is 1.62. The van der Waals surface area contributed by atoms with Gasteiger partial charge in [-0.3, -0.25) is 4.79 Å². The number of carbonyl (C=O) groups is 1. The van der Waals surface area contributed by atoms with E-state index in [2.05, 4.69) is 15.6 Å². The standard InChI is InChI=1S/C17H16F3N3O3/c18-17(19,20)11-1-4-13(5-2-11)26-15-6-3-12(9-22-15)23-16(24)14-10-21-7-8-25-14/h1-6,9,14,21H,7-8,10H2,(H,23,24). The first kappa shape index (κ1) is 18.2. The third-order valence-electron chi connectivity index (χ3n) is 3.63. The zero-order valence-electron chi connectivity index (χ0n) is 13.5. The van der Waals surface area contributed by atoms with E-state index in [4.69, 9.17) is 9.47 Å². The molecule has 1 aromatic heterocycles. The Hall–Kier alpha value is -2.65. The van der Waals surface area contributed by atoms with Gasteiger partial charge in [-0.25, -0.2) is 4.98 Å². The predicted molar refractivity (Wildman–Crippen MR) is 87.0 cm³/mol. The van der Waals surface area contributed by atoms with Crippen LogP contribution in [0.5, 0.6) is 11.6 Å². The lowest BCUT2D eigenvalue weighted by Crippen LogP contribution is -2.45. The summed E-state index contributed by atoms with van der Waals surface area (Å²) in [5.74, 6) is 0.137. The monoisotopic (exact) mass is 367 g/mol. The summed E-state index contributed by atoms with van der Waals surface area (Å²) in [5, 5.41) is 5.74. The maximum absolute atomic E-state index is 12.5. The molecule has 9 heteroatoms. The van der Waals surface area contributed by atoms with Gasteiger partial charge in [0.25, 0.3) is 5.91 Å². The van der Waals surface area contributed by atoms with Crippen LogP contribution >= 0.6 is 0 Å². The Kier molecular flexibility index (Phi) is 5.38. The molecule has 0 radical (unpaired) electrons. The number of nitrogens with one attached hydrogen (secondary N) is 2. The van der Waals surface area contributed by atoms with Gasteiger partial charge in [0.1, 0.15) is 11.9 Å². The number of amides is 1. The molecule has 2 aromatic rings. The van der Waals surface area contributed by atoms with E-state index in [1.807, 2.05) is 0 Å². The normalized spacial score (nSPS) is 17.6. The molecule has 2 heterocycles. The Bertz CT molecular complexity index is 743. The highest BCUT2D eigenvalue weighted by Crippen LogP contribution is 2.31. The lowest BCUT2D eigenvalue weighted by molar-refractivity contribution is -0.137. The average molecular weight is 367 g/mol. The van der Waals surface area contributed by atoms with E-state index in [1.54, 1.807) is 6.07 Å². The fourth-order valence-corrected chi connectivity index (χ4v) is 2.30. The van der Waals surface area contributed by atoms with Crippen LogP contribution in [0, 0.1) is 0 Å². The quantitative estimate of drug-likeness (QED) is 0.870. The molecule has 0 aliphatic carbocycles. The van der Waals surface area contributed by atoms with Gasteiger partial charge in [0, 0.05) is 19.2 Å². The molecule has 1 fully saturated rings. The van der Waals surface area contributed by atoms with Crippen LogP contribution in [-0.4, -0.2) is 36.7 Å². The van der Waals surface area contributed by atoms with E-state index in [9.17, 15) is 18.0 Å². The second-order valence-electron chi connectivity index (χ2n) is 5.56. The van der Waals surface area contributed by atoms with Gasteiger partial charge in [0.2, 0.25) is 5.88 Å². The van der Waals surface area contributed by atoms with Crippen molar-refractivity contribution in [3.8, 4) is 11.6 Å². The minimum atomic E-state index is -4.39. The molecule has 1 aliphatic rings. The number of carbonyl (C=O) groups excluding carboxylic acids is 1. The third kappa shape index (κ3) is 4.70. The minimum absolute atomic E-state index is 0.193. The topological polar surface area (TPSA) is 72.5 Å². The van der Waals surface area contributed by atoms with Crippen molar-refractivity contribution in [2.24, 2.45) is 0 Å². The minimum Gasteiger partial charge on any atom is -0.439 e. The highest BCUT2D eigenvalue weighted by molar-refractivity contribution is 5.94. The fourth-order valence-electron chi connectivity index (χ4n) is 2.30. The van der Waals surface area contributed by atoms with Gasteiger partial charge in [-0.15, -0.1) is 0 Å². The number of alkyl halides is 3. The van der Waals surface area contributed by atoms with Crippen LogP contribution in [0.2, 0.25) is 0 Å². The number of halogens is 3. The third-order valence-corrected chi connectivity index (χ3v) is 3.63. The molecule has 26 heavy (non-hydrogen) atoms. The van der Waals surface area contributed by atoms with Crippen molar-refractivity contribution in [1.82, 2.24) is 10.3 Å². The maximum Gasteiger partial charge on any atom is 0.416 e. The second-order valence-corrected chi connectivity index (χ2v) is 5.56. The highest BCUT2D eigenvalue weighted by atomic mass is 19.4. The molecule has 1 aromatic carbocycles. The number of aromatic nitrogens is 1. The van der Waals surface area contributed by atoms with E-state index in [0.29, 0.717) is 25.4 Å². The van der Waals surface area contributed by atoms with Gasteiger partial charge in [0.15, 0.2) is 0 Å². The van der Waals surface area contributed by atoms with Crippen LogP contribution in [0.1, 0.15) is 5.56 Å². The zero-order valence-corrected chi connectivity index (χ0v) is 13.5. The lowest BCUT2D eigenvalue weighted by atomic mass is 10.2. The molecule has 2 N–H and O–H groups in total. The van der Waals surface area contributed by atoms with Crippen molar-refractivity contribution < 1.29 is 27.4 Å². The molecule has 1 unspecified atom stereocenters. The van der Waals surface area contributed by atoms with Crippen LogP contribution < -0.4 is 15.4 Å². The Balaban J connectivity index is 1.58. The van der Waals surface area contributed by atoms with Crippen LogP contribution in [0.3, 0.4) is 0 Å². The van der Waals surface area contributed by atoms with Gasteiger partial charge in [-0.05, 0) is 30.3 Å². The molecule has 3 rings (SSSR count). The number of hydrogen-bond donors (Lipinski definition) is 2. The van der Waals surface area contributed by atoms with E-state index in [1.165, 1.54) is 24.4 Å². The zero-order chi connectivity index (χ0) is 18.6. The second kappa shape index (κ2) is 7.71. The number of benzene rings is 1. The summed E-state index contributed by atoms with van der Waals surface area (Å²) in [7, 11) is 0. The predicted octanol–water partition coefficient (Wildman–Crippen LogP) is 2.82. The van der Waals surface area contributed by atoms with E-state index >= 15 is 0 Å². The van der Waals surface area contributed by atoms with Gasteiger partial charge in [-0.2, -0.15) is 13.2 Å². The van der Waals surface area contributed by atoms with Crippen molar-refractivity contribution >= 4 is 11.6 Å². The molecule has 0 spiro atoms. The molecule has 0 saturated carbocycles. The SMILES string of the molecule is O=C(Nc1ccc(Oc2ccc(C(F)(F)F)cc2)nc1)C1CNCCO1. The van der Waals surface area contributed by atoms with Gasteiger partial charge < -0.3 is 20.1 Å². The Morgan fingerprint density at radius 2 is 2.00 bits per heavy atom. The van der Waals surface area contributed by atoms with Crippen molar-refractivity contribution in [1.29, 1.82) is 0 Å². The van der Waals surface area contributed by atoms with Crippen molar-refractivity contribution in [2.45, 2.75) is 12.3 Å². The molecule has 1 atom stereocenters. The van der Waals surface area contributed by atoms with Crippen molar-refractivity contribution in [2.75, 3.05) is 25.0 Å². The van der Waals surface area contributed by atoms with Crippen LogP contribution in [0.25, 0.3) is 0 Å². The Labute approximate surface area is 147 Å². The smallest absolute Gasteiger partial charge is 0.416 e. The van der Waals surface area contributed by atoms with Crippen LogP contribution in [0.4, 0.5) is 18.9 Å². The molecule has 1 amide bonds. The summed E-state index contributed by atoms with van der Waals surface area (Å²) < 4.78 is 48.3. The summed E-state index contributed by atoms with van der Waals surface area (Å²) >= 11 is 0. The number of hydrogen-bond acceptors (Lipinski definition) is 5. The number of ether oxygens (including phenoxy) is 2. The molecule has 6 nitrogen and oxygen atoms in total. The molecular formula is C17H16F3N3O3. The van der Waals surface area contributed by atoms with Gasteiger partial charge in [-0.1, -0.05) is 0 Å². The first-order chi connectivity index (χ1) is 12.4.